The Kier molecular flexibility index (Phi) is 9.92. The number of aromatic hydroxyl groups is 11. The van der Waals surface area contributed by atoms with E-state index < -0.39 is 164 Å². The fraction of sp³-hybridized carbons (Fsp3) is 0.200. The normalized spacial score (nSPS) is 20.4. The maximum Gasteiger partial charge on any atom is 0.340 e. The van der Waals surface area contributed by atoms with Crippen LogP contribution in [0.4, 0.5) is 0 Å². The molecule has 57 heavy (non-hydrogen) atoms. The summed E-state index contributed by atoms with van der Waals surface area (Å²) < 4.78 is 32.1. The molecule has 4 aromatic carbocycles. The van der Waals surface area contributed by atoms with Gasteiger partial charge in [-0.05, 0) is 36.4 Å². The molecule has 0 bridgehead atoms. The third kappa shape index (κ3) is 6.80. The molecule has 0 unspecified atom stereocenters. The minimum Gasteiger partial charge on any atom is -0.504 e. The molecule has 4 aromatic rings. The van der Waals surface area contributed by atoms with Gasteiger partial charge in [0.15, 0.2) is 70.1 Å². The molecule has 2 aliphatic heterocycles. The van der Waals surface area contributed by atoms with Crippen LogP contribution >= 0.6 is 0 Å². The van der Waals surface area contributed by atoms with E-state index in [1.807, 2.05) is 0 Å². The summed E-state index contributed by atoms with van der Waals surface area (Å²) in [5.74, 6) is -18.8. The fourth-order valence-electron chi connectivity index (χ4n) is 5.90. The lowest BCUT2D eigenvalue weighted by Crippen LogP contribution is -2.62. The zero-order valence-corrected chi connectivity index (χ0v) is 28.5. The third-order valence-electron chi connectivity index (χ3n) is 8.72. The molecule has 2 aliphatic rings. The minimum absolute atomic E-state index is 0.405. The summed E-state index contributed by atoms with van der Waals surface area (Å²) in [5, 5.41) is 124. The Morgan fingerprint density at radius 2 is 1.09 bits per heavy atom. The van der Waals surface area contributed by atoms with E-state index in [2.05, 4.69) is 0 Å². The summed E-state index contributed by atoms with van der Waals surface area (Å²) in [5.41, 5.74) is -5.01. The second kappa shape index (κ2) is 14.5. The first-order valence-electron chi connectivity index (χ1n) is 15.9. The number of cyclic esters (lactones) is 1. The van der Waals surface area contributed by atoms with Crippen LogP contribution in [0, 0.1) is 0 Å². The average Bonchev–Trinajstić information content (AvgIpc) is 3.18. The van der Waals surface area contributed by atoms with Crippen LogP contribution in [-0.2, 0) is 23.7 Å². The molecule has 12 N–H and O–H groups in total. The van der Waals surface area contributed by atoms with Gasteiger partial charge in [-0.2, -0.15) is 0 Å². The molecule has 22 nitrogen and oxygen atoms in total. The molecule has 0 spiro atoms. The largest absolute Gasteiger partial charge is 0.504 e. The molecule has 5 atom stereocenters. The zero-order chi connectivity index (χ0) is 41.8. The van der Waals surface area contributed by atoms with E-state index in [9.17, 15) is 80.5 Å². The first kappa shape index (κ1) is 39.0. The second-order valence-corrected chi connectivity index (χ2v) is 12.2. The standard InChI is InChI=1S/C35H28O22/c1-52-18-5-10(4-15(38)23(18)42)32(49)57-35-28(47)30(56-31(48)9-2-13(36)22(41)14(37)3-9)29-19(54-35)8-53-33(50)11-6-16(39)24(43)26(45)20(11)21-12(34(51)55-29)7-17(40)25(44)27(21)46/h2-7,19,28-30,35-47H,8H2,1H3/t19-,28-,29-,30-,35+/m1/s1. The highest BCUT2D eigenvalue weighted by Crippen LogP contribution is 2.53. The van der Waals surface area contributed by atoms with E-state index in [0.29, 0.717) is 24.3 Å². The van der Waals surface area contributed by atoms with Crippen LogP contribution < -0.4 is 4.74 Å². The molecule has 0 amide bonds. The van der Waals surface area contributed by atoms with Crippen molar-refractivity contribution in [2.45, 2.75) is 30.7 Å². The van der Waals surface area contributed by atoms with Gasteiger partial charge in [-0.15, -0.1) is 0 Å². The van der Waals surface area contributed by atoms with Crippen molar-refractivity contribution in [3.05, 3.63) is 58.7 Å². The van der Waals surface area contributed by atoms with Gasteiger partial charge in [0.2, 0.25) is 23.5 Å². The van der Waals surface area contributed by atoms with Crippen molar-refractivity contribution >= 4 is 23.9 Å². The van der Waals surface area contributed by atoms with Crippen LogP contribution in [0.25, 0.3) is 11.1 Å². The number of aliphatic hydroxyl groups is 1. The summed E-state index contributed by atoms with van der Waals surface area (Å²) in [4.78, 5) is 54.3. The van der Waals surface area contributed by atoms with Gasteiger partial charge in [0, 0.05) is 11.1 Å². The van der Waals surface area contributed by atoms with Crippen molar-refractivity contribution in [2.75, 3.05) is 13.7 Å². The van der Waals surface area contributed by atoms with Crippen molar-refractivity contribution in [3.63, 3.8) is 0 Å². The summed E-state index contributed by atoms with van der Waals surface area (Å²) in [6.45, 7) is -1.10. The topological polar surface area (TPSA) is 366 Å². The van der Waals surface area contributed by atoms with E-state index >= 15 is 0 Å². The maximum absolute atomic E-state index is 14.0. The summed E-state index contributed by atoms with van der Waals surface area (Å²) >= 11 is 0. The molecule has 22 heteroatoms. The van der Waals surface area contributed by atoms with Gasteiger partial charge in [0.1, 0.15) is 12.7 Å². The molecule has 0 saturated carbocycles. The number of methoxy groups -OCH3 is 1. The molecule has 0 aromatic heterocycles. The fourth-order valence-corrected chi connectivity index (χ4v) is 5.90. The van der Waals surface area contributed by atoms with Crippen LogP contribution in [-0.4, -0.2) is 130 Å². The number of benzene rings is 4. The first-order valence-corrected chi connectivity index (χ1v) is 15.9. The lowest BCUT2D eigenvalue weighted by Gasteiger charge is -2.42. The van der Waals surface area contributed by atoms with E-state index in [4.69, 9.17) is 28.4 Å². The Morgan fingerprint density at radius 1 is 0.614 bits per heavy atom. The van der Waals surface area contributed by atoms with Crippen LogP contribution in [0.15, 0.2) is 36.4 Å². The lowest BCUT2D eigenvalue weighted by molar-refractivity contribution is -0.283. The van der Waals surface area contributed by atoms with Crippen molar-refractivity contribution in [2.24, 2.45) is 0 Å². The molecule has 0 radical (unpaired) electrons. The molecule has 1 saturated heterocycles. The Bertz CT molecular complexity index is 2330. The van der Waals surface area contributed by atoms with Crippen LogP contribution in [0.2, 0.25) is 0 Å². The number of ether oxygens (including phenoxy) is 6. The smallest absolute Gasteiger partial charge is 0.340 e. The van der Waals surface area contributed by atoms with E-state index in [0.717, 1.165) is 19.2 Å². The highest BCUT2D eigenvalue weighted by Gasteiger charge is 2.53. The minimum atomic E-state index is -2.39. The number of hydrogen-bond acceptors (Lipinski definition) is 22. The van der Waals surface area contributed by atoms with Crippen LogP contribution in [0.5, 0.6) is 69.0 Å². The Labute approximate surface area is 315 Å². The van der Waals surface area contributed by atoms with Crippen LogP contribution in [0.3, 0.4) is 0 Å². The molecule has 0 aliphatic carbocycles. The summed E-state index contributed by atoms with van der Waals surface area (Å²) in [7, 11) is 1.09. The van der Waals surface area contributed by atoms with Gasteiger partial charge in [0.25, 0.3) is 0 Å². The Morgan fingerprint density at radius 3 is 1.63 bits per heavy atom. The average molecular weight is 801 g/mol. The highest BCUT2D eigenvalue weighted by molar-refractivity contribution is 6.08. The predicted molar refractivity (Wildman–Crippen MR) is 178 cm³/mol. The number of esters is 4. The van der Waals surface area contributed by atoms with Crippen molar-refractivity contribution < 1.29 is 109 Å². The van der Waals surface area contributed by atoms with Gasteiger partial charge >= 0.3 is 23.9 Å². The predicted octanol–water partition coefficient (Wildman–Crippen LogP) is 0.988. The van der Waals surface area contributed by atoms with Gasteiger partial charge < -0.3 is 89.7 Å². The molecular weight excluding hydrogens is 772 g/mol. The number of carbonyl (C=O) groups is 4. The monoisotopic (exact) mass is 800 g/mol. The summed E-state index contributed by atoms with van der Waals surface area (Å²) in [6.07, 6.45) is -11.1. The number of phenols is 11. The van der Waals surface area contributed by atoms with Crippen LogP contribution in [0.1, 0.15) is 41.4 Å². The molecular formula is C35H28O22. The van der Waals surface area contributed by atoms with Gasteiger partial charge in [-0.25, -0.2) is 19.2 Å². The number of phenolic OH excluding ortho intramolecular Hbond substituents is 11. The van der Waals surface area contributed by atoms with Crippen molar-refractivity contribution in [1.29, 1.82) is 0 Å². The number of carbonyl (C=O) groups excluding carboxylic acids is 4. The number of aliphatic hydroxyl groups excluding tert-OH is 1. The second-order valence-electron chi connectivity index (χ2n) is 12.2. The van der Waals surface area contributed by atoms with E-state index in [-0.39, 0.29) is 0 Å². The first-order chi connectivity index (χ1) is 26.8. The molecule has 2 heterocycles. The van der Waals surface area contributed by atoms with E-state index in [1.165, 1.54) is 0 Å². The quantitative estimate of drug-likeness (QED) is 0.0760. The van der Waals surface area contributed by atoms with Gasteiger partial charge in [-0.3, -0.25) is 0 Å². The SMILES string of the molecule is COc1cc(C(=O)O[C@@H]2O[C@@H]3COC(=O)c4cc(O)c(O)c(O)c4-c4c(cc(O)c(O)c4O)C(=O)O[C@H]3[C@H](OC(=O)c3cc(O)c(O)c(O)c3)[C@H]2O)cc(O)c1O. The summed E-state index contributed by atoms with van der Waals surface area (Å²) in [6, 6.07) is 3.90. The number of fused-ring (bicyclic) bond motifs is 4. The highest BCUT2D eigenvalue weighted by atomic mass is 16.7. The molecule has 1 fully saturated rings. The maximum atomic E-state index is 14.0. The lowest BCUT2D eigenvalue weighted by atomic mass is 9.92. The third-order valence-corrected chi connectivity index (χ3v) is 8.72. The molecule has 6 rings (SSSR count). The Hall–Kier alpha value is -7.72. The van der Waals surface area contributed by atoms with Crippen molar-refractivity contribution in [3.8, 4) is 80.1 Å². The Balaban J connectivity index is 1.49. The van der Waals surface area contributed by atoms with Crippen molar-refractivity contribution in [1.82, 2.24) is 0 Å². The number of rotatable bonds is 5. The van der Waals surface area contributed by atoms with E-state index in [1.54, 1.807) is 0 Å². The molecule has 300 valence electrons. The van der Waals surface area contributed by atoms with Gasteiger partial charge in [-0.1, -0.05) is 0 Å². The zero-order valence-electron chi connectivity index (χ0n) is 28.5. The number of hydrogen-bond donors (Lipinski definition) is 12. The van der Waals surface area contributed by atoms with Gasteiger partial charge in [0.05, 0.1) is 29.4 Å².